The molecule has 1 aromatic carbocycles. The molecule has 0 aromatic heterocycles. The molecular weight excluding hydrogens is 309 g/mol. The van der Waals surface area contributed by atoms with Gasteiger partial charge in [-0.05, 0) is 43.5 Å². The number of amides is 1. The van der Waals surface area contributed by atoms with Crippen LogP contribution in [0.2, 0.25) is 0 Å². The summed E-state index contributed by atoms with van der Waals surface area (Å²) in [5.74, 6) is -0.387. The van der Waals surface area contributed by atoms with Gasteiger partial charge in [-0.2, -0.15) is 0 Å². The zero-order valence-corrected chi connectivity index (χ0v) is 12.7. The summed E-state index contributed by atoms with van der Waals surface area (Å²) >= 11 is 3.49. The number of carbonyl (C=O) groups is 1. The van der Waals surface area contributed by atoms with Crippen LogP contribution in [-0.2, 0) is 0 Å². The fourth-order valence-corrected chi connectivity index (χ4v) is 3.30. The first-order valence-corrected chi connectivity index (χ1v) is 7.88. The number of alkyl halides is 1. The molecular formula is C15H19BrFNO. The molecule has 0 radical (unpaired) electrons. The number of nitrogens with zero attached hydrogens (tertiary/aromatic N) is 1. The first-order valence-electron chi connectivity index (χ1n) is 6.76. The van der Waals surface area contributed by atoms with Crippen LogP contribution in [0.1, 0.15) is 41.6 Å². The van der Waals surface area contributed by atoms with Gasteiger partial charge in [-0.3, -0.25) is 4.79 Å². The molecule has 1 atom stereocenters. The summed E-state index contributed by atoms with van der Waals surface area (Å²) in [7, 11) is 0. The molecule has 0 bridgehead atoms. The normalized spacial score (nSPS) is 20.2. The van der Waals surface area contributed by atoms with Crippen LogP contribution < -0.4 is 0 Å². The Morgan fingerprint density at radius 2 is 2.16 bits per heavy atom. The standard InChI is InChI=1S/C15H19BrFNO/c1-11-7-12(9-13(17)8-11)15(19)18-6-4-2-3-5-14(18)10-16/h7-9,14H,2-6,10H2,1H3. The minimum absolute atomic E-state index is 0.0473. The van der Waals surface area contributed by atoms with Crippen molar-refractivity contribution in [3.8, 4) is 0 Å². The third-order valence-corrected chi connectivity index (χ3v) is 4.35. The second-order valence-electron chi connectivity index (χ2n) is 5.17. The summed E-state index contributed by atoms with van der Waals surface area (Å²) < 4.78 is 13.4. The predicted octanol–water partition coefficient (Wildman–Crippen LogP) is 3.91. The Morgan fingerprint density at radius 1 is 1.37 bits per heavy atom. The monoisotopic (exact) mass is 327 g/mol. The maximum atomic E-state index is 13.4. The van der Waals surface area contributed by atoms with E-state index >= 15 is 0 Å². The van der Waals surface area contributed by atoms with Gasteiger partial charge >= 0.3 is 0 Å². The van der Waals surface area contributed by atoms with E-state index in [1.807, 2.05) is 11.8 Å². The maximum absolute atomic E-state index is 13.4. The molecule has 2 rings (SSSR count). The Kier molecular flexibility index (Phi) is 4.97. The Balaban J connectivity index is 2.25. The lowest BCUT2D eigenvalue weighted by Gasteiger charge is -2.29. The zero-order chi connectivity index (χ0) is 13.8. The SMILES string of the molecule is Cc1cc(F)cc(C(=O)N2CCCCCC2CBr)c1. The number of benzene rings is 1. The van der Waals surface area contributed by atoms with Crippen LogP contribution >= 0.6 is 15.9 Å². The molecule has 1 saturated heterocycles. The highest BCUT2D eigenvalue weighted by molar-refractivity contribution is 9.09. The van der Waals surface area contributed by atoms with E-state index in [9.17, 15) is 9.18 Å². The topological polar surface area (TPSA) is 20.3 Å². The molecule has 0 N–H and O–H groups in total. The molecule has 1 heterocycles. The Labute approximate surface area is 122 Å². The minimum Gasteiger partial charge on any atom is -0.335 e. The first-order chi connectivity index (χ1) is 9.11. The number of rotatable bonds is 2. The van der Waals surface area contributed by atoms with Crippen molar-refractivity contribution >= 4 is 21.8 Å². The fourth-order valence-electron chi connectivity index (χ4n) is 2.63. The predicted molar refractivity (Wildman–Crippen MR) is 78.2 cm³/mol. The number of hydrogen-bond donors (Lipinski definition) is 0. The lowest BCUT2D eigenvalue weighted by atomic mass is 10.1. The molecule has 19 heavy (non-hydrogen) atoms. The number of carbonyl (C=O) groups excluding carboxylic acids is 1. The average molecular weight is 328 g/mol. The van der Waals surface area contributed by atoms with E-state index in [1.54, 1.807) is 6.07 Å². The van der Waals surface area contributed by atoms with Gasteiger partial charge < -0.3 is 4.90 Å². The zero-order valence-electron chi connectivity index (χ0n) is 11.2. The van der Waals surface area contributed by atoms with Crippen molar-refractivity contribution in [2.75, 3.05) is 11.9 Å². The van der Waals surface area contributed by atoms with E-state index in [1.165, 1.54) is 12.1 Å². The largest absolute Gasteiger partial charge is 0.335 e. The van der Waals surface area contributed by atoms with Gasteiger partial charge in [0, 0.05) is 23.5 Å². The quantitative estimate of drug-likeness (QED) is 0.754. The highest BCUT2D eigenvalue weighted by Gasteiger charge is 2.25. The van der Waals surface area contributed by atoms with Gasteiger partial charge in [0.15, 0.2) is 0 Å². The Morgan fingerprint density at radius 3 is 2.84 bits per heavy atom. The maximum Gasteiger partial charge on any atom is 0.254 e. The summed E-state index contributed by atoms with van der Waals surface area (Å²) in [6.45, 7) is 2.58. The molecule has 1 unspecified atom stereocenters. The van der Waals surface area contributed by atoms with Crippen LogP contribution in [0.5, 0.6) is 0 Å². The molecule has 1 aromatic rings. The van der Waals surface area contributed by atoms with Crippen molar-refractivity contribution in [1.82, 2.24) is 4.90 Å². The first kappa shape index (κ1) is 14.5. The molecule has 1 aliphatic rings. The van der Waals surface area contributed by atoms with Crippen molar-refractivity contribution in [3.05, 3.63) is 35.1 Å². The summed E-state index contributed by atoms with van der Waals surface area (Å²) in [6, 6.07) is 4.77. The van der Waals surface area contributed by atoms with Gasteiger partial charge in [-0.15, -0.1) is 0 Å². The molecule has 0 saturated carbocycles. The van der Waals surface area contributed by atoms with Gasteiger partial charge in [0.1, 0.15) is 5.82 Å². The van der Waals surface area contributed by atoms with Gasteiger partial charge in [-0.1, -0.05) is 28.8 Å². The number of hydrogen-bond acceptors (Lipinski definition) is 1. The van der Waals surface area contributed by atoms with Crippen molar-refractivity contribution in [3.63, 3.8) is 0 Å². The van der Waals surface area contributed by atoms with Crippen molar-refractivity contribution in [2.24, 2.45) is 0 Å². The third kappa shape index (κ3) is 3.56. The average Bonchev–Trinajstić information content (AvgIpc) is 2.61. The van der Waals surface area contributed by atoms with Crippen LogP contribution in [0, 0.1) is 12.7 Å². The van der Waals surface area contributed by atoms with Crippen LogP contribution in [0.3, 0.4) is 0 Å². The number of likely N-dealkylation sites (tertiary alicyclic amines) is 1. The van der Waals surface area contributed by atoms with E-state index in [2.05, 4.69) is 15.9 Å². The fraction of sp³-hybridized carbons (Fsp3) is 0.533. The second kappa shape index (κ2) is 6.51. The van der Waals surface area contributed by atoms with Gasteiger partial charge in [0.05, 0.1) is 0 Å². The minimum atomic E-state index is -0.339. The Hall–Kier alpha value is -0.900. The smallest absolute Gasteiger partial charge is 0.254 e. The highest BCUT2D eigenvalue weighted by Crippen LogP contribution is 2.21. The molecule has 1 aliphatic heterocycles. The molecule has 2 nitrogen and oxygen atoms in total. The van der Waals surface area contributed by atoms with E-state index in [0.29, 0.717) is 5.56 Å². The number of halogens is 2. The third-order valence-electron chi connectivity index (χ3n) is 3.61. The number of aryl methyl sites for hydroxylation is 1. The summed E-state index contributed by atoms with van der Waals surface area (Å²) in [4.78, 5) is 14.5. The summed E-state index contributed by atoms with van der Waals surface area (Å²) in [6.07, 6.45) is 4.37. The molecule has 104 valence electrons. The van der Waals surface area contributed by atoms with Crippen molar-refractivity contribution in [2.45, 2.75) is 38.6 Å². The van der Waals surface area contributed by atoms with Crippen LogP contribution in [0.25, 0.3) is 0 Å². The summed E-state index contributed by atoms with van der Waals surface area (Å²) in [5.41, 5.74) is 1.25. The molecule has 4 heteroatoms. The van der Waals surface area contributed by atoms with E-state index in [-0.39, 0.29) is 17.8 Å². The Bertz CT molecular complexity index is 443. The van der Waals surface area contributed by atoms with Crippen LogP contribution in [-0.4, -0.2) is 28.7 Å². The lowest BCUT2D eigenvalue weighted by molar-refractivity contribution is 0.0701. The van der Waals surface area contributed by atoms with E-state index in [4.69, 9.17) is 0 Å². The van der Waals surface area contributed by atoms with E-state index in [0.717, 1.165) is 43.1 Å². The van der Waals surface area contributed by atoms with Gasteiger partial charge in [-0.25, -0.2) is 4.39 Å². The van der Waals surface area contributed by atoms with Gasteiger partial charge in [0.25, 0.3) is 5.91 Å². The highest BCUT2D eigenvalue weighted by atomic mass is 79.9. The molecule has 0 spiro atoms. The van der Waals surface area contributed by atoms with Crippen LogP contribution in [0.15, 0.2) is 18.2 Å². The van der Waals surface area contributed by atoms with Crippen molar-refractivity contribution in [1.29, 1.82) is 0 Å². The summed E-state index contributed by atoms with van der Waals surface area (Å²) in [5, 5.41) is 0.785. The van der Waals surface area contributed by atoms with E-state index < -0.39 is 0 Å². The van der Waals surface area contributed by atoms with Crippen molar-refractivity contribution < 1.29 is 9.18 Å². The molecule has 1 amide bonds. The van der Waals surface area contributed by atoms with Crippen LogP contribution in [0.4, 0.5) is 4.39 Å². The molecule has 0 aliphatic carbocycles. The molecule has 1 fully saturated rings. The second-order valence-corrected chi connectivity index (χ2v) is 5.82. The lowest BCUT2D eigenvalue weighted by Crippen LogP contribution is -2.41. The van der Waals surface area contributed by atoms with Gasteiger partial charge in [0.2, 0.25) is 0 Å².